The SMILES string of the molecule is Cc1cc(C)cc([C@@H](C)NCc2cnc(N3CCOCC3)nc2)c1. The molecule has 1 N–H and O–H groups in total. The normalized spacial score (nSPS) is 16.2. The van der Waals surface area contributed by atoms with Crippen molar-refractivity contribution in [1.82, 2.24) is 15.3 Å². The van der Waals surface area contributed by atoms with Crippen molar-refractivity contribution >= 4 is 5.95 Å². The number of anilines is 1. The van der Waals surface area contributed by atoms with Gasteiger partial charge >= 0.3 is 0 Å². The van der Waals surface area contributed by atoms with Gasteiger partial charge in [-0.1, -0.05) is 29.3 Å². The molecule has 0 saturated carbocycles. The maximum absolute atomic E-state index is 5.36. The highest BCUT2D eigenvalue weighted by Gasteiger charge is 2.13. The molecule has 1 aliphatic rings. The van der Waals surface area contributed by atoms with E-state index >= 15 is 0 Å². The molecule has 1 saturated heterocycles. The summed E-state index contributed by atoms with van der Waals surface area (Å²) in [6, 6.07) is 6.97. The molecule has 0 spiro atoms. The summed E-state index contributed by atoms with van der Waals surface area (Å²) in [5.41, 5.74) is 5.02. The second-order valence-corrected chi connectivity index (χ2v) is 6.51. The van der Waals surface area contributed by atoms with Crippen LogP contribution in [0.5, 0.6) is 0 Å². The van der Waals surface area contributed by atoms with Gasteiger partial charge in [0.25, 0.3) is 0 Å². The smallest absolute Gasteiger partial charge is 0.225 e. The van der Waals surface area contributed by atoms with Crippen LogP contribution in [0.1, 0.15) is 35.2 Å². The molecule has 2 heterocycles. The van der Waals surface area contributed by atoms with Crippen LogP contribution < -0.4 is 10.2 Å². The standard InChI is InChI=1S/C19H26N4O/c1-14-8-15(2)10-18(9-14)16(3)20-11-17-12-21-19(22-13-17)23-4-6-24-7-5-23/h8-10,12-13,16,20H,4-7,11H2,1-3H3/t16-/m1/s1. The van der Waals surface area contributed by atoms with E-state index in [2.05, 4.69) is 59.2 Å². The van der Waals surface area contributed by atoms with E-state index in [9.17, 15) is 0 Å². The van der Waals surface area contributed by atoms with Crippen molar-refractivity contribution in [3.63, 3.8) is 0 Å². The van der Waals surface area contributed by atoms with Gasteiger partial charge in [0.05, 0.1) is 13.2 Å². The molecule has 5 heteroatoms. The molecular formula is C19H26N4O. The van der Waals surface area contributed by atoms with Crippen LogP contribution in [-0.4, -0.2) is 36.3 Å². The molecule has 0 bridgehead atoms. The fourth-order valence-corrected chi connectivity index (χ4v) is 3.01. The van der Waals surface area contributed by atoms with Crippen molar-refractivity contribution in [2.24, 2.45) is 0 Å². The Hall–Kier alpha value is -1.98. The lowest BCUT2D eigenvalue weighted by atomic mass is 10.0. The zero-order chi connectivity index (χ0) is 16.9. The van der Waals surface area contributed by atoms with Crippen molar-refractivity contribution in [2.75, 3.05) is 31.2 Å². The number of nitrogens with one attached hydrogen (secondary N) is 1. The number of rotatable bonds is 5. The molecule has 24 heavy (non-hydrogen) atoms. The van der Waals surface area contributed by atoms with Gasteiger partial charge in [-0.3, -0.25) is 0 Å². The van der Waals surface area contributed by atoms with Crippen molar-refractivity contribution in [2.45, 2.75) is 33.4 Å². The molecule has 1 aliphatic heterocycles. The zero-order valence-corrected chi connectivity index (χ0v) is 14.7. The van der Waals surface area contributed by atoms with E-state index in [0.29, 0.717) is 6.04 Å². The van der Waals surface area contributed by atoms with Crippen LogP contribution in [0, 0.1) is 13.8 Å². The Morgan fingerprint density at radius 1 is 1.08 bits per heavy atom. The molecule has 5 nitrogen and oxygen atoms in total. The number of hydrogen-bond acceptors (Lipinski definition) is 5. The average molecular weight is 326 g/mol. The van der Waals surface area contributed by atoms with Crippen LogP contribution >= 0.6 is 0 Å². The second kappa shape index (κ2) is 7.73. The highest BCUT2D eigenvalue weighted by atomic mass is 16.5. The van der Waals surface area contributed by atoms with E-state index in [1.165, 1.54) is 16.7 Å². The fraction of sp³-hybridized carbons (Fsp3) is 0.474. The molecule has 3 rings (SSSR count). The Morgan fingerprint density at radius 3 is 2.33 bits per heavy atom. The van der Waals surface area contributed by atoms with Crippen LogP contribution in [0.15, 0.2) is 30.6 Å². The summed E-state index contributed by atoms with van der Waals surface area (Å²) in [6.07, 6.45) is 3.83. The summed E-state index contributed by atoms with van der Waals surface area (Å²) >= 11 is 0. The summed E-state index contributed by atoms with van der Waals surface area (Å²) in [5.74, 6) is 0.796. The second-order valence-electron chi connectivity index (χ2n) is 6.51. The largest absolute Gasteiger partial charge is 0.378 e. The minimum atomic E-state index is 0.294. The Balaban J connectivity index is 1.57. The Kier molecular flexibility index (Phi) is 5.43. The first-order valence-corrected chi connectivity index (χ1v) is 8.57. The van der Waals surface area contributed by atoms with Gasteiger partial charge in [0.2, 0.25) is 5.95 Å². The van der Waals surface area contributed by atoms with E-state index in [1.54, 1.807) is 0 Å². The molecule has 0 amide bonds. The van der Waals surface area contributed by atoms with Gasteiger partial charge in [0.15, 0.2) is 0 Å². The van der Waals surface area contributed by atoms with Gasteiger partial charge < -0.3 is 15.0 Å². The summed E-state index contributed by atoms with van der Waals surface area (Å²) in [5, 5.41) is 3.56. The molecule has 1 atom stereocenters. The Labute approximate surface area is 144 Å². The van der Waals surface area contributed by atoms with Crippen molar-refractivity contribution in [1.29, 1.82) is 0 Å². The third kappa shape index (κ3) is 4.30. The van der Waals surface area contributed by atoms with E-state index in [4.69, 9.17) is 4.74 Å². The zero-order valence-electron chi connectivity index (χ0n) is 14.7. The number of aromatic nitrogens is 2. The summed E-state index contributed by atoms with van der Waals surface area (Å²) in [4.78, 5) is 11.2. The van der Waals surface area contributed by atoms with Crippen molar-refractivity contribution in [3.8, 4) is 0 Å². The third-order valence-corrected chi connectivity index (χ3v) is 4.34. The predicted molar refractivity (Wildman–Crippen MR) is 96.2 cm³/mol. The number of aryl methyl sites for hydroxylation is 2. The molecule has 2 aromatic rings. The number of nitrogens with zero attached hydrogens (tertiary/aromatic N) is 3. The number of benzene rings is 1. The van der Waals surface area contributed by atoms with Gasteiger partial charge in [-0.2, -0.15) is 0 Å². The maximum Gasteiger partial charge on any atom is 0.225 e. The van der Waals surface area contributed by atoms with Gasteiger partial charge in [-0.25, -0.2) is 9.97 Å². The molecule has 0 unspecified atom stereocenters. The lowest BCUT2D eigenvalue weighted by Crippen LogP contribution is -2.37. The van der Waals surface area contributed by atoms with Crippen LogP contribution in [0.3, 0.4) is 0 Å². The molecule has 0 radical (unpaired) electrons. The number of hydrogen-bond donors (Lipinski definition) is 1. The van der Waals surface area contributed by atoms with Crippen molar-refractivity contribution in [3.05, 3.63) is 52.8 Å². The van der Waals surface area contributed by atoms with E-state index in [0.717, 1.165) is 44.4 Å². The lowest BCUT2D eigenvalue weighted by Gasteiger charge is -2.26. The number of morpholine rings is 1. The average Bonchev–Trinajstić information content (AvgIpc) is 2.60. The molecule has 1 aromatic carbocycles. The van der Waals surface area contributed by atoms with E-state index in [-0.39, 0.29) is 0 Å². The predicted octanol–water partition coefficient (Wildman–Crippen LogP) is 2.78. The van der Waals surface area contributed by atoms with Crippen molar-refractivity contribution < 1.29 is 4.74 Å². The van der Waals surface area contributed by atoms with Crippen LogP contribution in [-0.2, 0) is 11.3 Å². The van der Waals surface area contributed by atoms with Crippen LogP contribution in [0.2, 0.25) is 0 Å². The molecule has 1 fully saturated rings. The van der Waals surface area contributed by atoms with Gasteiger partial charge in [-0.15, -0.1) is 0 Å². The molecule has 1 aromatic heterocycles. The first-order valence-electron chi connectivity index (χ1n) is 8.57. The van der Waals surface area contributed by atoms with Crippen LogP contribution in [0.25, 0.3) is 0 Å². The fourth-order valence-electron chi connectivity index (χ4n) is 3.01. The lowest BCUT2D eigenvalue weighted by molar-refractivity contribution is 0.122. The Bertz CT molecular complexity index is 645. The highest BCUT2D eigenvalue weighted by molar-refractivity contribution is 5.31. The minimum absolute atomic E-state index is 0.294. The monoisotopic (exact) mass is 326 g/mol. The summed E-state index contributed by atoms with van der Waals surface area (Å²) < 4.78 is 5.36. The topological polar surface area (TPSA) is 50.3 Å². The van der Waals surface area contributed by atoms with E-state index in [1.807, 2.05) is 12.4 Å². The third-order valence-electron chi connectivity index (χ3n) is 4.34. The molecular weight excluding hydrogens is 300 g/mol. The van der Waals surface area contributed by atoms with Gasteiger partial charge in [0.1, 0.15) is 0 Å². The Morgan fingerprint density at radius 2 is 1.71 bits per heavy atom. The molecule has 128 valence electrons. The van der Waals surface area contributed by atoms with E-state index < -0.39 is 0 Å². The summed E-state index contributed by atoms with van der Waals surface area (Å²) in [6.45, 7) is 10.5. The maximum atomic E-state index is 5.36. The quantitative estimate of drug-likeness (QED) is 0.915. The highest BCUT2D eigenvalue weighted by Crippen LogP contribution is 2.17. The van der Waals surface area contributed by atoms with Crippen LogP contribution in [0.4, 0.5) is 5.95 Å². The first-order chi connectivity index (χ1) is 11.6. The van der Waals surface area contributed by atoms with Gasteiger partial charge in [0, 0.05) is 43.6 Å². The summed E-state index contributed by atoms with van der Waals surface area (Å²) in [7, 11) is 0. The van der Waals surface area contributed by atoms with Gasteiger partial charge in [-0.05, 0) is 26.3 Å². The minimum Gasteiger partial charge on any atom is -0.378 e. The first kappa shape index (κ1) is 16.9. The number of ether oxygens (including phenoxy) is 1. The molecule has 0 aliphatic carbocycles.